The van der Waals surface area contributed by atoms with Gasteiger partial charge < -0.3 is 9.84 Å². The Balaban J connectivity index is 1.69. The Morgan fingerprint density at radius 2 is 2.12 bits per heavy atom. The van der Waals surface area contributed by atoms with Crippen LogP contribution in [0.2, 0.25) is 0 Å². The maximum atomic E-state index is 10.0. The van der Waals surface area contributed by atoms with Crippen LogP contribution in [-0.2, 0) is 4.74 Å². The summed E-state index contributed by atoms with van der Waals surface area (Å²) in [5.74, 6) is 0.880. The van der Waals surface area contributed by atoms with Crippen LogP contribution in [-0.4, -0.2) is 18.3 Å². The van der Waals surface area contributed by atoms with E-state index in [0.29, 0.717) is 6.61 Å². The molecule has 1 N–H and O–H groups in total. The molecule has 0 heterocycles. The molecular formula is C15H22O2. The first-order chi connectivity index (χ1) is 8.27. The molecule has 1 atom stereocenters. The van der Waals surface area contributed by atoms with Crippen molar-refractivity contribution in [3.63, 3.8) is 0 Å². The molecule has 2 heteroatoms. The quantitative estimate of drug-likeness (QED) is 0.766. The molecule has 94 valence electrons. The minimum absolute atomic E-state index is 0.414. The van der Waals surface area contributed by atoms with Gasteiger partial charge in [0, 0.05) is 6.61 Å². The number of aryl methyl sites for hydroxylation is 1. The van der Waals surface area contributed by atoms with Crippen molar-refractivity contribution in [2.75, 3.05) is 13.2 Å². The normalized spacial score (nSPS) is 17.8. The number of hydrogen-bond donors (Lipinski definition) is 1. The van der Waals surface area contributed by atoms with E-state index in [1.54, 1.807) is 0 Å². The minimum Gasteiger partial charge on any atom is -0.386 e. The Hall–Kier alpha value is -0.860. The van der Waals surface area contributed by atoms with Crippen LogP contribution in [0.5, 0.6) is 0 Å². The fraction of sp³-hybridized carbons (Fsp3) is 0.600. The fourth-order valence-electron chi connectivity index (χ4n) is 2.28. The fourth-order valence-corrected chi connectivity index (χ4v) is 2.28. The Morgan fingerprint density at radius 1 is 1.35 bits per heavy atom. The third-order valence-electron chi connectivity index (χ3n) is 3.72. The first kappa shape index (κ1) is 12.6. The molecule has 0 radical (unpaired) electrons. The maximum absolute atomic E-state index is 10.0. The molecule has 1 aliphatic carbocycles. The summed E-state index contributed by atoms with van der Waals surface area (Å²) in [7, 11) is 0. The number of benzene rings is 1. The lowest BCUT2D eigenvalue weighted by molar-refractivity contribution is 0.0263. The van der Waals surface area contributed by atoms with E-state index in [0.717, 1.165) is 30.1 Å². The molecular weight excluding hydrogens is 212 g/mol. The summed E-state index contributed by atoms with van der Waals surface area (Å²) in [5.41, 5.74) is 2.11. The van der Waals surface area contributed by atoms with Crippen molar-refractivity contribution in [2.24, 2.45) is 5.92 Å². The number of hydrogen-bond acceptors (Lipinski definition) is 2. The smallest absolute Gasteiger partial charge is 0.103 e. The average molecular weight is 234 g/mol. The van der Waals surface area contributed by atoms with Gasteiger partial charge in [-0.3, -0.25) is 0 Å². The number of aliphatic hydroxyl groups is 1. The average Bonchev–Trinajstić information content (AvgIpc) is 2.26. The van der Waals surface area contributed by atoms with Gasteiger partial charge in [-0.05, 0) is 30.4 Å². The Bertz CT molecular complexity index is 345. The van der Waals surface area contributed by atoms with Crippen LogP contribution < -0.4 is 0 Å². The van der Waals surface area contributed by atoms with Gasteiger partial charge in [0.1, 0.15) is 6.10 Å². The first-order valence-electron chi connectivity index (χ1n) is 6.58. The molecule has 0 aliphatic heterocycles. The Labute approximate surface area is 104 Å². The summed E-state index contributed by atoms with van der Waals surface area (Å²) < 4.78 is 5.56. The van der Waals surface area contributed by atoms with Crippen molar-refractivity contribution in [2.45, 2.75) is 38.7 Å². The standard InChI is InChI=1S/C15H22O2/c1-12-5-2-3-8-14(12)15(16)11-17-10-9-13-6-4-7-13/h2-3,5,8,13,15-16H,4,6-7,9-11H2,1H3. The van der Waals surface area contributed by atoms with E-state index in [1.807, 2.05) is 31.2 Å². The van der Waals surface area contributed by atoms with Gasteiger partial charge in [0.2, 0.25) is 0 Å². The van der Waals surface area contributed by atoms with Crippen molar-refractivity contribution < 1.29 is 9.84 Å². The van der Waals surface area contributed by atoms with E-state index >= 15 is 0 Å². The number of ether oxygens (including phenoxy) is 1. The van der Waals surface area contributed by atoms with Crippen LogP contribution in [0.4, 0.5) is 0 Å². The lowest BCUT2D eigenvalue weighted by Gasteiger charge is -2.25. The minimum atomic E-state index is -0.488. The lowest BCUT2D eigenvalue weighted by atomic mass is 9.83. The molecule has 17 heavy (non-hydrogen) atoms. The third-order valence-corrected chi connectivity index (χ3v) is 3.72. The zero-order valence-electron chi connectivity index (χ0n) is 10.6. The molecule has 2 rings (SSSR count). The second kappa shape index (κ2) is 6.18. The predicted octanol–water partition coefficient (Wildman–Crippen LogP) is 3.24. The Morgan fingerprint density at radius 3 is 2.76 bits per heavy atom. The summed E-state index contributed by atoms with van der Waals surface area (Å²) in [5, 5.41) is 10.0. The molecule has 1 fully saturated rings. The third kappa shape index (κ3) is 3.55. The summed E-state index contributed by atoms with van der Waals surface area (Å²) >= 11 is 0. The van der Waals surface area contributed by atoms with Gasteiger partial charge in [-0.1, -0.05) is 43.5 Å². The Kier molecular flexibility index (Phi) is 4.57. The monoisotopic (exact) mass is 234 g/mol. The topological polar surface area (TPSA) is 29.5 Å². The largest absolute Gasteiger partial charge is 0.386 e. The van der Waals surface area contributed by atoms with Gasteiger partial charge in [-0.25, -0.2) is 0 Å². The van der Waals surface area contributed by atoms with E-state index < -0.39 is 6.10 Å². The highest BCUT2D eigenvalue weighted by molar-refractivity contribution is 5.27. The predicted molar refractivity (Wildman–Crippen MR) is 68.9 cm³/mol. The highest BCUT2D eigenvalue weighted by Gasteiger charge is 2.17. The van der Waals surface area contributed by atoms with Crippen LogP contribution in [0, 0.1) is 12.8 Å². The molecule has 1 aliphatic rings. The molecule has 0 amide bonds. The van der Waals surface area contributed by atoms with Gasteiger partial charge in [0.15, 0.2) is 0 Å². The maximum Gasteiger partial charge on any atom is 0.103 e. The molecule has 2 nitrogen and oxygen atoms in total. The van der Waals surface area contributed by atoms with Crippen molar-refractivity contribution in [1.29, 1.82) is 0 Å². The van der Waals surface area contributed by atoms with E-state index in [2.05, 4.69) is 0 Å². The summed E-state index contributed by atoms with van der Waals surface area (Å²) in [4.78, 5) is 0. The summed E-state index contributed by atoms with van der Waals surface area (Å²) in [6.07, 6.45) is 4.78. The van der Waals surface area contributed by atoms with Gasteiger partial charge in [-0.2, -0.15) is 0 Å². The van der Waals surface area contributed by atoms with Crippen LogP contribution in [0.15, 0.2) is 24.3 Å². The zero-order valence-corrected chi connectivity index (χ0v) is 10.6. The van der Waals surface area contributed by atoms with Crippen molar-refractivity contribution in [3.05, 3.63) is 35.4 Å². The SMILES string of the molecule is Cc1ccccc1C(O)COCCC1CCC1. The van der Waals surface area contributed by atoms with E-state index in [4.69, 9.17) is 4.74 Å². The van der Waals surface area contributed by atoms with E-state index in [-0.39, 0.29) is 0 Å². The van der Waals surface area contributed by atoms with Crippen LogP contribution in [0.3, 0.4) is 0 Å². The molecule has 1 aromatic rings. The molecule has 1 unspecified atom stereocenters. The lowest BCUT2D eigenvalue weighted by Crippen LogP contribution is -2.15. The highest BCUT2D eigenvalue weighted by Crippen LogP contribution is 2.29. The van der Waals surface area contributed by atoms with E-state index in [1.165, 1.54) is 19.3 Å². The van der Waals surface area contributed by atoms with Gasteiger partial charge in [0.25, 0.3) is 0 Å². The van der Waals surface area contributed by atoms with Crippen molar-refractivity contribution in [1.82, 2.24) is 0 Å². The number of rotatable bonds is 6. The van der Waals surface area contributed by atoms with Crippen LogP contribution in [0.25, 0.3) is 0 Å². The van der Waals surface area contributed by atoms with Gasteiger partial charge >= 0.3 is 0 Å². The van der Waals surface area contributed by atoms with E-state index in [9.17, 15) is 5.11 Å². The second-order valence-corrected chi connectivity index (χ2v) is 5.03. The molecule has 0 spiro atoms. The van der Waals surface area contributed by atoms with Gasteiger partial charge in [-0.15, -0.1) is 0 Å². The first-order valence-corrected chi connectivity index (χ1v) is 6.58. The summed E-state index contributed by atoms with van der Waals surface area (Å²) in [6, 6.07) is 7.94. The number of aliphatic hydroxyl groups excluding tert-OH is 1. The second-order valence-electron chi connectivity index (χ2n) is 5.03. The molecule has 0 aromatic heterocycles. The molecule has 1 aromatic carbocycles. The summed E-state index contributed by atoms with van der Waals surface area (Å²) in [6.45, 7) is 3.22. The zero-order chi connectivity index (χ0) is 12.1. The van der Waals surface area contributed by atoms with Crippen molar-refractivity contribution in [3.8, 4) is 0 Å². The molecule has 0 bridgehead atoms. The van der Waals surface area contributed by atoms with Crippen LogP contribution in [0.1, 0.15) is 42.9 Å². The van der Waals surface area contributed by atoms with Crippen molar-refractivity contribution >= 4 is 0 Å². The molecule has 0 saturated heterocycles. The van der Waals surface area contributed by atoms with Crippen LogP contribution >= 0.6 is 0 Å². The van der Waals surface area contributed by atoms with Gasteiger partial charge in [0.05, 0.1) is 6.61 Å². The molecule has 1 saturated carbocycles. The highest BCUT2D eigenvalue weighted by atomic mass is 16.5.